The molecule has 5 heteroatoms. The first-order valence-corrected chi connectivity index (χ1v) is 6.72. The number of thioether (sulfide) groups is 1. The van der Waals surface area contributed by atoms with Crippen molar-refractivity contribution in [1.82, 2.24) is 0 Å². The molecule has 1 atom stereocenters. The van der Waals surface area contributed by atoms with Crippen LogP contribution in [-0.4, -0.2) is 24.7 Å². The summed E-state index contributed by atoms with van der Waals surface area (Å²) in [5.41, 5.74) is 0.981. The number of methoxy groups -OCH3 is 1. The molecule has 1 aliphatic heterocycles. The van der Waals surface area contributed by atoms with E-state index in [1.54, 1.807) is 7.11 Å². The van der Waals surface area contributed by atoms with E-state index < -0.39 is 0 Å². The molecule has 17 heavy (non-hydrogen) atoms. The first kappa shape index (κ1) is 12.5. The molecule has 1 unspecified atom stereocenters. The van der Waals surface area contributed by atoms with Crippen LogP contribution in [0.5, 0.6) is 11.5 Å². The van der Waals surface area contributed by atoms with Crippen LogP contribution in [-0.2, 0) is 11.4 Å². The third-order valence-corrected chi connectivity index (χ3v) is 3.79. The highest BCUT2D eigenvalue weighted by atomic mass is 32.2. The molecule has 1 saturated heterocycles. The summed E-state index contributed by atoms with van der Waals surface area (Å²) in [5, 5.41) is 0. The van der Waals surface area contributed by atoms with Crippen molar-refractivity contribution in [3.8, 4) is 11.5 Å². The van der Waals surface area contributed by atoms with E-state index in [0.29, 0.717) is 6.61 Å². The zero-order valence-electron chi connectivity index (χ0n) is 9.85. The minimum Gasteiger partial charge on any atom is -0.493 e. The number of hydrogen-bond acceptors (Lipinski definition) is 5. The van der Waals surface area contributed by atoms with E-state index in [-0.39, 0.29) is 6.10 Å². The second kappa shape index (κ2) is 6.14. The summed E-state index contributed by atoms with van der Waals surface area (Å²) in [6, 6.07) is 5.72. The van der Waals surface area contributed by atoms with Crippen molar-refractivity contribution < 1.29 is 14.3 Å². The third-order valence-electron chi connectivity index (χ3n) is 2.66. The van der Waals surface area contributed by atoms with Crippen LogP contribution in [0.15, 0.2) is 18.2 Å². The van der Waals surface area contributed by atoms with Gasteiger partial charge in [0.1, 0.15) is 6.10 Å². The molecule has 0 spiro atoms. The quantitative estimate of drug-likeness (QED) is 0.815. The summed E-state index contributed by atoms with van der Waals surface area (Å²) in [5.74, 6) is 8.80. The van der Waals surface area contributed by atoms with Gasteiger partial charge in [0.15, 0.2) is 11.5 Å². The van der Waals surface area contributed by atoms with Crippen LogP contribution in [0.4, 0.5) is 0 Å². The van der Waals surface area contributed by atoms with Crippen LogP contribution in [0, 0.1) is 0 Å². The van der Waals surface area contributed by atoms with Crippen LogP contribution in [0.1, 0.15) is 12.0 Å². The van der Waals surface area contributed by atoms with Gasteiger partial charge in [-0.1, -0.05) is 6.07 Å². The van der Waals surface area contributed by atoms with Gasteiger partial charge in [-0.25, -0.2) is 5.90 Å². The fourth-order valence-electron chi connectivity index (χ4n) is 1.78. The molecule has 2 N–H and O–H groups in total. The van der Waals surface area contributed by atoms with Crippen LogP contribution >= 0.6 is 11.8 Å². The summed E-state index contributed by atoms with van der Waals surface area (Å²) in [6.45, 7) is 0.375. The van der Waals surface area contributed by atoms with Gasteiger partial charge >= 0.3 is 0 Å². The van der Waals surface area contributed by atoms with Crippen molar-refractivity contribution in [3.63, 3.8) is 0 Å². The minimum absolute atomic E-state index is 0.281. The molecule has 1 fully saturated rings. The standard InChI is InChI=1S/C12H17NO3S/c1-14-11-3-2-9(7-15-13)6-12(11)16-10-4-5-17-8-10/h2-3,6,10H,4-5,7-8,13H2,1H3. The molecule has 4 nitrogen and oxygen atoms in total. The Bertz CT molecular complexity index is 367. The Labute approximate surface area is 105 Å². The first-order valence-electron chi connectivity index (χ1n) is 5.56. The molecular weight excluding hydrogens is 238 g/mol. The van der Waals surface area contributed by atoms with E-state index >= 15 is 0 Å². The molecule has 0 amide bonds. The molecule has 2 rings (SSSR count). The Hall–Kier alpha value is -0.910. The molecule has 1 aliphatic rings. The van der Waals surface area contributed by atoms with Crippen molar-refractivity contribution in [2.24, 2.45) is 5.90 Å². The first-order chi connectivity index (χ1) is 8.33. The van der Waals surface area contributed by atoms with E-state index in [1.165, 1.54) is 5.75 Å². The van der Waals surface area contributed by atoms with Gasteiger partial charge in [0.05, 0.1) is 13.7 Å². The highest BCUT2D eigenvalue weighted by Crippen LogP contribution is 2.31. The van der Waals surface area contributed by atoms with Crippen molar-refractivity contribution >= 4 is 11.8 Å². The number of hydrogen-bond donors (Lipinski definition) is 1. The van der Waals surface area contributed by atoms with Gasteiger partial charge in [0.2, 0.25) is 0 Å². The average molecular weight is 255 g/mol. The zero-order valence-corrected chi connectivity index (χ0v) is 10.7. The maximum Gasteiger partial charge on any atom is 0.161 e. The highest BCUT2D eigenvalue weighted by Gasteiger charge is 2.19. The second-order valence-corrected chi connectivity index (χ2v) is 5.05. The van der Waals surface area contributed by atoms with E-state index in [2.05, 4.69) is 4.84 Å². The lowest BCUT2D eigenvalue weighted by Gasteiger charge is -2.16. The summed E-state index contributed by atoms with van der Waals surface area (Å²) < 4.78 is 11.2. The topological polar surface area (TPSA) is 53.7 Å². The van der Waals surface area contributed by atoms with Gasteiger partial charge in [-0.05, 0) is 29.9 Å². The van der Waals surface area contributed by atoms with Crippen molar-refractivity contribution in [2.75, 3.05) is 18.6 Å². The molecule has 0 saturated carbocycles. The van der Waals surface area contributed by atoms with Crippen LogP contribution in [0.2, 0.25) is 0 Å². The normalized spacial score (nSPS) is 19.3. The second-order valence-electron chi connectivity index (χ2n) is 3.90. The lowest BCUT2D eigenvalue weighted by atomic mass is 10.2. The Kier molecular flexibility index (Phi) is 4.53. The van der Waals surface area contributed by atoms with E-state index in [0.717, 1.165) is 29.2 Å². The SMILES string of the molecule is COc1ccc(CON)cc1OC1CCSC1. The zero-order chi connectivity index (χ0) is 12.1. The third kappa shape index (κ3) is 3.28. The summed E-state index contributed by atoms with van der Waals surface area (Å²) in [4.78, 5) is 4.63. The number of rotatable bonds is 5. The molecule has 0 aliphatic carbocycles. The molecule has 1 aromatic rings. The molecule has 0 bridgehead atoms. The van der Waals surface area contributed by atoms with Crippen molar-refractivity contribution in [1.29, 1.82) is 0 Å². The van der Waals surface area contributed by atoms with Crippen LogP contribution in [0.25, 0.3) is 0 Å². The average Bonchev–Trinajstić information content (AvgIpc) is 2.83. The van der Waals surface area contributed by atoms with Gasteiger partial charge in [-0.2, -0.15) is 11.8 Å². The molecule has 94 valence electrons. The van der Waals surface area contributed by atoms with Crippen molar-refractivity contribution in [2.45, 2.75) is 19.1 Å². The fourth-order valence-corrected chi connectivity index (χ4v) is 2.88. The highest BCUT2D eigenvalue weighted by molar-refractivity contribution is 7.99. The molecule has 0 radical (unpaired) electrons. The molecule has 1 aromatic carbocycles. The van der Waals surface area contributed by atoms with Gasteiger partial charge in [0.25, 0.3) is 0 Å². The molecule has 1 heterocycles. The van der Waals surface area contributed by atoms with E-state index in [1.807, 2.05) is 30.0 Å². The Balaban J connectivity index is 2.12. The summed E-state index contributed by atoms with van der Waals surface area (Å²) >= 11 is 1.92. The van der Waals surface area contributed by atoms with Gasteiger partial charge in [-0.15, -0.1) is 0 Å². The number of benzene rings is 1. The number of nitrogens with two attached hydrogens (primary N) is 1. The maximum atomic E-state index is 5.94. The van der Waals surface area contributed by atoms with E-state index in [9.17, 15) is 0 Å². The smallest absolute Gasteiger partial charge is 0.161 e. The lowest BCUT2D eigenvalue weighted by Crippen LogP contribution is -2.15. The monoisotopic (exact) mass is 255 g/mol. The number of ether oxygens (including phenoxy) is 2. The Morgan fingerprint density at radius 3 is 2.94 bits per heavy atom. The Morgan fingerprint density at radius 2 is 2.29 bits per heavy atom. The fraction of sp³-hybridized carbons (Fsp3) is 0.500. The minimum atomic E-state index is 0.281. The maximum absolute atomic E-state index is 5.94. The van der Waals surface area contributed by atoms with Crippen LogP contribution in [0.3, 0.4) is 0 Å². The van der Waals surface area contributed by atoms with Crippen LogP contribution < -0.4 is 15.4 Å². The Morgan fingerprint density at radius 1 is 1.41 bits per heavy atom. The van der Waals surface area contributed by atoms with Gasteiger partial charge in [0, 0.05) is 5.75 Å². The van der Waals surface area contributed by atoms with E-state index in [4.69, 9.17) is 15.4 Å². The largest absolute Gasteiger partial charge is 0.493 e. The predicted molar refractivity (Wildman–Crippen MR) is 68.3 cm³/mol. The predicted octanol–water partition coefficient (Wildman–Crippen LogP) is 1.97. The van der Waals surface area contributed by atoms with Gasteiger partial charge in [-0.3, -0.25) is 4.84 Å². The molecular formula is C12H17NO3S. The molecule has 0 aromatic heterocycles. The van der Waals surface area contributed by atoms with Crippen molar-refractivity contribution in [3.05, 3.63) is 23.8 Å². The van der Waals surface area contributed by atoms with Gasteiger partial charge < -0.3 is 9.47 Å². The summed E-state index contributed by atoms with van der Waals surface area (Å²) in [6.07, 6.45) is 1.37. The summed E-state index contributed by atoms with van der Waals surface area (Å²) in [7, 11) is 1.64. The lowest BCUT2D eigenvalue weighted by molar-refractivity contribution is 0.123.